The van der Waals surface area contributed by atoms with Crippen molar-refractivity contribution < 1.29 is 19.0 Å². The normalized spacial score (nSPS) is 20.3. The number of piperazine rings is 1. The summed E-state index contributed by atoms with van der Waals surface area (Å²) < 4.78 is 16.6. The fraction of sp³-hybridized carbons (Fsp3) is 0.929. The molecule has 1 fully saturated rings. The number of amides is 1. The second-order valence-electron chi connectivity index (χ2n) is 5.77. The van der Waals surface area contributed by atoms with Gasteiger partial charge in [-0.1, -0.05) is 0 Å². The van der Waals surface area contributed by atoms with Crippen LogP contribution in [0.5, 0.6) is 0 Å². The van der Waals surface area contributed by atoms with E-state index >= 15 is 0 Å². The summed E-state index contributed by atoms with van der Waals surface area (Å²) in [6.45, 7) is 12.5. The topological polar surface area (TPSA) is 60.0 Å². The first-order chi connectivity index (χ1) is 9.37. The van der Waals surface area contributed by atoms with Gasteiger partial charge >= 0.3 is 6.09 Å². The molecule has 1 rings (SSSR count). The minimum Gasteiger partial charge on any atom is -0.444 e. The number of nitrogens with zero attached hydrogens (tertiary/aromatic N) is 1. The van der Waals surface area contributed by atoms with E-state index in [9.17, 15) is 4.79 Å². The summed E-state index contributed by atoms with van der Waals surface area (Å²) >= 11 is 0. The van der Waals surface area contributed by atoms with Crippen LogP contribution in [0.1, 0.15) is 34.6 Å². The van der Waals surface area contributed by atoms with Gasteiger partial charge in [0.05, 0.1) is 6.04 Å². The fourth-order valence-electron chi connectivity index (χ4n) is 2.06. The monoisotopic (exact) mass is 288 g/mol. The lowest BCUT2D eigenvalue weighted by Gasteiger charge is -2.37. The first-order valence-corrected chi connectivity index (χ1v) is 7.32. The van der Waals surface area contributed by atoms with Crippen LogP contribution in [0.2, 0.25) is 0 Å². The van der Waals surface area contributed by atoms with E-state index in [4.69, 9.17) is 14.2 Å². The Morgan fingerprint density at radius 1 is 1.30 bits per heavy atom. The van der Waals surface area contributed by atoms with E-state index in [1.807, 2.05) is 34.6 Å². The quantitative estimate of drug-likeness (QED) is 0.779. The van der Waals surface area contributed by atoms with Gasteiger partial charge in [0.15, 0.2) is 6.29 Å². The third-order valence-corrected chi connectivity index (χ3v) is 2.85. The predicted molar refractivity (Wildman–Crippen MR) is 76.6 cm³/mol. The average Bonchev–Trinajstić information content (AvgIpc) is 2.37. The molecule has 0 radical (unpaired) electrons. The highest BCUT2D eigenvalue weighted by molar-refractivity contribution is 5.68. The zero-order chi connectivity index (χ0) is 15.2. The molecule has 1 N–H and O–H groups in total. The molecule has 118 valence electrons. The van der Waals surface area contributed by atoms with Crippen molar-refractivity contribution >= 4 is 6.09 Å². The standard InChI is InChI=1S/C14H28N2O4/c1-6-18-12(19-7-2)11-10-16(9-8-15-11)13(17)20-14(3,4)5/h11-12,15H,6-10H2,1-5H3. The zero-order valence-electron chi connectivity index (χ0n) is 13.3. The number of nitrogens with one attached hydrogen (secondary N) is 1. The Hall–Kier alpha value is -0.850. The lowest BCUT2D eigenvalue weighted by atomic mass is 10.2. The van der Waals surface area contributed by atoms with Gasteiger partial charge in [0, 0.05) is 32.8 Å². The predicted octanol–water partition coefficient (Wildman–Crippen LogP) is 1.59. The molecule has 1 unspecified atom stereocenters. The molecular formula is C14H28N2O4. The molecule has 1 aliphatic rings. The van der Waals surface area contributed by atoms with Gasteiger partial charge in [0.1, 0.15) is 5.60 Å². The first kappa shape index (κ1) is 17.2. The molecule has 0 aliphatic carbocycles. The minimum atomic E-state index is -0.476. The van der Waals surface area contributed by atoms with Gasteiger partial charge < -0.3 is 24.4 Å². The van der Waals surface area contributed by atoms with E-state index in [0.717, 1.165) is 0 Å². The number of rotatable bonds is 5. The van der Waals surface area contributed by atoms with Crippen molar-refractivity contribution in [3.63, 3.8) is 0 Å². The summed E-state index contributed by atoms with van der Waals surface area (Å²) in [5.74, 6) is 0. The maximum atomic E-state index is 12.1. The Labute approximate surface area is 121 Å². The highest BCUT2D eigenvalue weighted by Crippen LogP contribution is 2.13. The molecule has 1 atom stereocenters. The van der Waals surface area contributed by atoms with Crippen molar-refractivity contribution in [2.75, 3.05) is 32.8 Å². The summed E-state index contributed by atoms with van der Waals surface area (Å²) in [5.41, 5.74) is -0.476. The van der Waals surface area contributed by atoms with Crippen LogP contribution in [-0.2, 0) is 14.2 Å². The van der Waals surface area contributed by atoms with Crippen LogP contribution in [0.3, 0.4) is 0 Å². The maximum Gasteiger partial charge on any atom is 0.410 e. The van der Waals surface area contributed by atoms with Crippen molar-refractivity contribution in [3.8, 4) is 0 Å². The third-order valence-electron chi connectivity index (χ3n) is 2.85. The lowest BCUT2D eigenvalue weighted by molar-refractivity contribution is -0.159. The van der Waals surface area contributed by atoms with Crippen molar-refractivity contribution in [2.24, 2.45) is 0 Å². The minimum absolute atomic E-state index is 0.0313. The summed E-state index contributed by atoms with van der Waals surface area (Å²) in [5, 5.41) is 3.34. The SMILES string of the molecule is CCOC(OCC)C1CN(C(=O)OC(C)(C)C)CCN1. The number of carbonyl (C=O) groups is 1. The molecule has 1 amide bonds. The van der Waals surface area contributed by atoms with Crippen LogP contribution in [0.15, 0.2) is 0 Å². The largest absolute Gasteiger partial charge is 0.444 e. The fourth-order valence-corrected chi connectivity index (χ4v) is 2.06. The molecule has 1 heterocycles. The maximum absolute atomic E-state index is 12.1. The summed E-state index contributed by atoms with van der Waals surface area (Å²) in [7, 11) is 0. The Morgan fingerprint density at radius 2 is 1.90 bits per heavy atom. The van der Waals surface area contributed by atoms with Gasteiger partial charge in [-0.05, 0) is 34.6 Å². The summed E-state index contributed by atoms with van der Waals surface area (Å²) in [6.07, 6.45) is -0.619. The molecule has 0 saturated carbocycles. The van der Waals surface area contributed by atoms with Gasteiger partial charge in [-0.2, -0.15) is 0 Å². The van der Waals surface area contributed by atoms with Crippen molar-refractivity contribution in [1.29, 1.82) is 0 Å². The van der Waals surface area contributed by atoms with Gasteiger partial charge in [0.2, 0.25) is 0 Å². The van der Waals surface area contributed by atoms with E-state index in [2.05, 4.69) is 5.32 Å². The molecule has 0 aromatic heterocycles. The van der Waals surface area contributed by atoms with Crippen molar-refractivity contribution in [1.82, 2.24) is 10.2 Å². The first-order valence-electron chi connectivity index (χ1n) is 7.32. The summed E-state index contributed by atoms with van der Waals surface area (Å²) in [4.78, 5) is 13.8. The smallest absolute Gasteiger partial charge is 0.410 e. The third kappa shape index (κ3) is 5.64. The Bertz CT molecular complexity index is 298. The van der Waals surface area contributed by atoms with Crippen LogP contribution in [0, 0.1) is 0 Å². The van der Waals surface area contributed by atoms with E-state index in [0.29, 0.717) is 32.8 Å². The van der Waals surface area contributed by atoms with Crippen LogP contribution in [0.25, 0.3) is 0 Å². The van der Waals surface area contributed by atoms with Gasteiger partial charge in [0.25, 0.3) is 0 Å². The number of hydrogen-bond donors (Lipinski definition) is 1. The molecule has 0 aromatic carbocycles. The van der Waals surface area contributed by atoms with E-state index in [-0.39, 0.29) is 18.4 Å². The van der Waals surface area contributed by atoms with Gasteiger partial charge in [-0.3, -0.25) is 0 Å². The molecule has 0 aromatic rings. The van der Waals surface area contributed by atoms with E-state index in [1.54, 1.807) is 4.90 Å². The molecule has 6 heteroatoms. The molecular weight excluding hydrogens is 260 g/mol. The van der Waals surface area contributed by atoms with Crippen molar-refractivity contribution in [3.05, 3.63) is 0 Å². The highest BCUT2D eigenvalue weighted by atomic mass is 16.7. The van der Waals surface area contributed by atoms with E-state index in [1.165, 1.54) is 0 Å². The number of hydrogen-bond acceptors (Lipinski definition) is 5. The van der Waals surface area contributed by atoms with Crippen LogP contribution in [-0.4, -0.2) is 61.8 Å². The molecule has 1 saturated heterocycles. The van der Waals surface area contributed by atoms with Gasteiger partial charge in [-0.25, -0.2) is 4.79 Å². The molecule has 0 bridgehead atoms. The number of carbonyl (C=O) groups excluding carboxylic acids is 1. The Balaban J connectivity index is 2.58. The Morgan fingerprint density at radius 3 is 2.40 bits per heavy atom. The molecule has 6 nitrogen and oxygen atoms in total. The van der Waals surface area contributed by atoms with Crippen LogP contribution >= 0.6 is 0 Å². The Kier molecular flexibility index (Phi) is 6.71. The highest BCUT2D eigenvalue weighted by Gasteiger charge is 2.32. The second kappa shape index (κ2) is 7.81. The van der Waals surface area contributed by atoms with Crippen LogP contribution in [0.4, 0.5) is 4.79 Å². The molecule has 20 heavy (non-hydrogen) atoms. The molecule has 0 spiro atoms. The summed E-state index contributed by atoms with van der Waals surface area (Å²) in [6, 6.07) is -0.0313. The van der Waals surface area contributed by atoms with Crippen molar-refractivity contribution in [2.45, 2.75) is 52.6 Å². The van der Waals surface area contributed by atoms with E-state index < -0.39 is 5.60 Å². The number of ether oxygens (including phenoxy) is 3. The zero-order valence-corrected chi connectivity index (χ0v) is 13.3. The van der Waals surface area contributed by atoms with Crippen LogP contribution < -0.4 is 5.32 Å². The average molecular weight is 288 g/mol. The van der Waals surface area contributed by atoms with Gasteiger partial charge in [-0.15, -0.1) is 0 Å². The second-order valence-corrected chi connectivity index (χ2v) is 5.77. The lowest BCUT2D eigenvalue weighted by Crippen LogP contribution is -2.58. The molecule has 1 aliphatic heterocycles.